The SMILES string of the molecule is CC(C)C1CC(OCc2ccccc2)C1. The second-order valence-electron chi connectivity index (χ2n) is 4.89. The van der Waals surface area contributed by atoms with E-state index in [0.29, 0.717) is 6.10 Å². The summed E-state index contributed by atoms with van der Waals surface area (Å²) >= 11 is 0. The first kappa shape index (κ1) is 10.7. The molecule has 15 heavy (non-hydrogen) atoms. The molecule has 2 rings (SSSR count). The maximum Gasteiger partial charge on any atom is 0.0720 e. The Hall–Kier alpha value is -0.820. The zero-order chi connectivity index (χ0) is 10.7. The molecule has 0 N–H and O–H groups in total. The summed E-state index contributed by atoms with van der Waals surface area (Å²) in [6, 6.07) is 10.4. The van der Waals surface area contributed by atoms with E-state index in [9.17, 15) is 0 Å². The van der Waals surface area contributed by atoms with Crippen molar-refractivity contribution in [1.82, 2.24) is 0 Å². The van der Waals surface area contributed by atoms with Crippen molar-refractivity contribution in [3.63, 3.8) is 0 Å². The van der Waals surface area contributed by atoms with Gasteiger partial charge in [-0.2, -0.15) is 0 Å². The Bertz CT molecular complexity index is 285. The van der Waals surface area contributed by atoms with E-state index in [1.807, 2.05) is 6.07 Å². The van der Waals surface area contributed by atoms with Crippen molar-refractivity contribution in [1.29, 1.82) is 0 Å². The van der Waals surface area contributed by atoms with Crippen molar-refractivity contribution in [2.24, 2.45) is 11.8 Å². The average Bonchev–Trinajstić information content (AvgIpc) is 2.16. The lowest BCUT2D eigenvalue weighted by atomic mass is 9.75. The molecule has 82 valence electrons. The van der Waals surface area contributed by atoms with Gasteiger partial charge in [0.05, 0.1) is 12.7 Å². The molecule has 0 atom stereocenters. The maximum atomic E-state index is 5.84. The van der Waals surface area contributed by atoms with Crippen molar-refractivity contribution in [3.8, 4) is 0 Å². The van der Waals surface area contributed by atoms with E-state index in [4.69, 9.17) is 4.74 Å². The monoisotopic (exact) mass is 204 g/mol. The Morgan fingerprint density at radius 1 is 1.20 bits per heavy atom. The molecule has 1 aliphatic rings. The van der Waals surface area contributed by atoms with Gasteiger partial charge in [0.15, 0.2) is 0 Å². The molecule has 0 spiro atoms. The number of benzene rings is 1. The summed E-state index contributed by atoms with van der Waals surface area (Å²) in [4.78, 5) is 0. The van der Waals surface area contributed by atoms with Crippen LogP contribution < -0.4 is 0 Å². The highest BCUT2D eigenvalue weighted by atomic mass is 16.5. The maximum absolute atomic E-state index is 5.84. The first-order chi connectivity index (χ1) is 7.25. The molecule has 0 radical (unpaired) electrons. The van der Waals surface area contributed by atoms with E-state index in [0.717, 1.165) is 18.4 Å². The van der Waals surface area contributed by atoms with E-state index >= 15 is 0 Å². The Kier molecular flexibility index (Phi) is 3.42. The molecule has 1 nitrogen and oxygen atoms in total. The molecule has 1 aliphatic carbocycles. The van der Waals surface area contributed by atoms with Crippen molar-refractivity contribution in [2.45, 2.75) is 39.4 Å². The lowest BCUT2D eigenvalue weighted by Crippen LogP contribution is -2.34. The average molecular weight is 204 g/mol. The summed E-state index contributed by atoms with van der Waals surface area (Å²) in [5.74, 6) is 1.72. The van der Waals surface area contributed by atoms with Gasteiger partial charge in [-0.3, -0.25) is 0 Å². The van der Waals surface area contributed by atoms with Crippen LogP contribution in [0, 0.1) is 11.8 Å². The van der Waals surface area contributed by atoms with Crippen LogP contribution in [0.1, 0.15) is 32.3 Å². The zero-order valence-corrected chi connectivity index (χ0v) is 9.65. The highest BCUT2D eigenvalue weighted by molar-refractivity contribution is 5.13. The van der Waals surface area contributed by atoms with Gasteiger partial charge >= 0.3 is 0 Å². The standard InChI is InChI=1S/C14H20O/c1-11(2)13-8-14(9-13)15-10-12-6-4-3-5-7-12/h3-7,11,13-14H,8-10H2,1-2H3. The summed E-state index contributed by atoms with van der Waals surface area (Å²) in [6.07, 6.45) is 3.02. The highest BCUT2D eigenvalue weighted by Gasteiger charge is 2.31. The van der Waals surface area contributed by atoms with Crippen LogP contribution in [0.25, 0.3) is 0 Å². The van der Waals surface area contributed by atoms with Gasteiger partial charge < -0.3 is 4.74 Å². The topological polar surface area (TPSA) is 9.23 Å². The molecule has 0 aliphatic heterocycles. The van der Waals surface area contributed by atoms with E-state index in [-0.39, 0.29) is 0 Å². The molecular weight excluding hydrogens is 184 g/mol. The van der Waals surface area contributed by atoms with E-state index in [1.54, 1.807) is 0 Å². The normalized spacial score (nSPS) is 25.3. The third kappa shape index (κ3) is 2.82. The molecule has 0 heterocycles. The minimum atomic E-state index is 0.512. The van der Waals surface area contributed by atoms with Crippen LogP contribution in [0.4, 0.5) is 0 Å². The van der Waals surface area contributed by atoms with Crippen LogP contribution in [-0.4, -0.2) is 6.10 Å². The summed E-state index contributed by atoms with van der Waals surface area (Å²) in [5, 5.41) is 0. The number of ether oxygens (including phenoxy) is 1. The van der Waals surface area contributed by atoms with Gasteiger partial charge in [-0.25, -0.2) is 0 Å². The zero-order valence-electron chi connectivity index (χ0n) is 9.65. The fraction of sp³-hybridized carbons (Fsp3) is 0.571. The van der Waals surface area contributed by atoms with Gasteiger partial charge in [0.25, 0.3) is 0 Å². The van der Waals surface area contributed by atoms with Crippen LogP contribution in [0.15, 0.2) is 30.3 Å². The third-order valence-corrected chi connectivity index (χ3v) is 3.40. The summed E-state index contributed by atoms with van der Waals surface area (Å²) in [6.45, 7) is 5.38. The summed E-state index contributed by atoms with van der Waals surface area (Å²) in [5.41, 5.74) is 1.28. The number of hydrogen-bond donors (Lipinski definition) is 0. The minimum absolute atomic E-state index is 0.512. The summed E-state index contributed by atoms with van der Waals surface area (Å²) < 4.78 is 5.84. The molecule has 0 saturated heterocycles. The largest absolute Gasteiger partial charge is 0.374 e. The molecule has 0 aromatic heterocycles. The molecule has 1 heteroatoms. The van der Waals surface area contributed by atoms with E-state index < -0.39 is 0 Å². The van der Waals surface area contributed by atoms with Gasteiger partial charge in [0, 0.05) is 0 Å². The lowest BCUT2D eigenvalue weighted by molar-refractivity contribution is -0.0519. The van der Waals surface area contributed by atoms with Crippen molar-refractivity contribution < 1.29 is 4.74 Å². The first-order valence-corrected chi connectivity index (χ1v) is 5.91. The smallest absolute Gasteiger partial charge is 0.0720 e. The van der Waals surface area contributed by atoms with Gasteiger partial charge in [0.1, 0.15) is 0 Å². The Balaban J connectivity index is 1.69. The van der Waals surface area contributed by atoms with E-state index in [1.165, 1.54) is 18.4 Å². The second-order valence-corrected chi connectivity index (χ2v) is 4.89. The van der Waals surface area contributed by atoms with Gasteiger partial charge in [-0.1, -0.05) is 44.2 Å². The van der Waals surface area contributed by atoms with Crippen molar-refractivity contribution >= 4 is 0 Å². The Morgan fingerprint density at radius 2 is 1.87 bits per heavy atom. The molecule has 0 unspecified atom stereocenters. The quantitative estimate of drug-likeness (QED) is 0.727. The molecule has 1 fully saturated rings. The molecule has 1 aromatic rings. The van der Waals surface area contributed by atoms with Crippen LogP contribution >= 0.6 is 0 Å². The molecule has 0 amide bonds. The fourth-order valence-corrected chi connectivity index (χ4v) is 2.08. The molecule has 0 bridgehead atoms. The predicted octanol–water partition coefficient (Wildman–Crippen LogP) is 3.64. The first-order valence-electron chi connectivity index (χ1n) is 5.91. The molecular formula is C14H20O. The Morgan fingerprint density at radius 3 is 2.47 bits per heavy atom. The van der Waals surface area contributed by atoms with Gasteiger partial charge in [-0.15, -0.1) is 0 Å². The van der Waals surface area contributed by atoms with Crippen LogP contribution in [0.3, 0.4) is 0 Å². The van der Waals surface area contributed by atoms with Crippen LogP contribution in [0.5, 0.6) is 0 Å². The van der Waals surface area contributed by atoms with Gasteiger partial charge in [0.2, 0.25) is 0 Å². The summed E-state index contributed by atoms with van der Waals surface area (Å²) in [7, 11) is 0. The predicted molar refractivity (Wildman–Crippen MR) is 62.6 cm³/mol. The number of hydrogen-bond acceptors (Lipinski definition) is 1. The Labute approximate surface area is 92.5 Å². The van der Waals surface area contributed by atoms with Crippen molar-refractivity contribution in [2.75, 3.05) is 0 Å². The van der Waals surface area contributed by atoms with Crippen molar-refractivity contribution in [3.05, 3.63) is 35.9 Å². The highest BCUT2D eigenvalue weighted by Crippen LogP contribution is 2.35. The van der Waals surface area contributed by atoms with Gasteiger partial charge in [-0.05, 0) is 30.2 Å². The minimum Gasteiger partial charge on any atom is -0.374 e. The van der Waals surface area contributed by atoms with E-state index in [2.05, 4.69) is 38.1 Å². The second kappa shape index (κ2) is 4.80. The molecule has 1 saturated carbocycles. The van der Waals surface area contributed by atoms with Crippen LogP contribution in [-0.2, 0) is 11.3 Å². The molecule has 1 aromatic carbocycles. The lowest BCUT2D eigenvalue weighted by Gasteiger charge is -2.37. The fourth-order valence-electron chi connectivity index (χ4n) is 2.08. The van der Waals surface area contributed by atoms with Crippen LogP contribution in [0.2, 0.25) is 0 Å². The number of rotatable bonds is 4. The third-order valence-electron chi connectivity index (χ3n) is 3.40.